The standard InChI is InChI=1S/C19H19FO3S/c1-3-23-18(21)12-17(13-6-10-16(24-2)11-7-13)19(22)14-4-8-15(20)9-5-14/h4-11,17H,3,12H2,1-2H3. The molecule has 126 valence electrons. The molecule has 0 aliphatic heterocycles. The topological polar surface area (TPSA) is 43.4 Å². The van der Waals surface area contributed by atoms with Gasteiger partial charge in [-0.15, -0.1) is 11.8 Å². The molecule has 2 aromatic rings. The first-order valence-corrected chi connectivity index (χ1v) is 8.87. The van der Waals surface area contributed by atoms with Crippen LogP contribution in [-0.4, -0.2) is 24.6 Å². The van der Waals surface area contributed by atoms with Gasteiger partial charge in [-0.1, -0.05) is 12.1 Å². The first-order valence-electron chi connectivity index (χ1n) is 7.64. The smallest absolute Gasteiger partial charge is 0.306 e. The third-order valence-corrected chi connectivity index (χ3v) is 4.38. The summed E-state index contributed by atoms with van der Waals surface area (Å²) >= 11 is 1.60. The van der Waals surface area contributed by atoms with Gasteiger partial charge in [-0.3, -0.25) is 9.59 Å². The van der Waals surface area contributed by atoms with Crippen LogP contribution in [0.15, 0.2) is 53.4 Å². The van der Waals surface area contributed by atoms with Crippen LogP contribution in [0.4, 0.5) is 4.39 Å². The molecule has 24 heavy (non-hydrogen) atoms. The molecule has 0 aromatic heterocycles. The lowest BCUT2D eigenvalue weighted by Gasteiger charge is -2.16. The third-order valence-electron chi connectivity index (χ3n) is 3.64. The quantitative estimate of drug-likeness (QED) is 0.421. The van der Waals surface area contributed by atoms with E-state index < -0.39 is 17.7 Å². The average Bonchev–Trinajstić information content (AvgIpc) is 2.60. The Balaban J connectivity index is 2.31. The second-order valence-electron chi connectivity index (χ2n) is 5.21. The van der Waals surface area contributed by atoms with E-state index in [-0.39, 0.29) is 18.8 Å². The summed E-state index contributed by atoms with van der Waals surface area (Å²) in [4.78, 5) is 25.8. The van der Waals surface area contributed by atoms with Gasteiger partial charge < -0.3 is 4.74 Å². The fourth-order valence-electron chi connectivity index (χ4n) is 2.40. The summed E-state index contributed by atoms with van der Waals surface area (Å²) < 4.78 is 18.1. The summed E-state index contributed by atoms with van der Waals surface area (Å²) in [6.45, 7) is 1.99. The van der Waals surface area contributed by atoms with E-state index in [0.29, 0.717) is 5.56 Å². The number of halogens is 1. The molecule has 5 heteroatoms. The molecule has 0 N–H and O–H groups in total. The summed E-state index contributed by atoms with van der Waals surface area (Å²) in [6, 6.07) is 12.9. The van der Waals surface area contributed by atoms with E-state index in [1.54, 1.807) is 18.7 Å². The molecule has 0 saturated carbocycles. The predicted octanol–water partition coefficient (Wildman–Crippen LogP) is 4.47. The zero-order valence-electron chi connectivity index (χ0n) is 13.6. The van der Waals surface area contributed by atoms with Crippen LogP contribution in [0.3, 0.4) is 0 Å². The lowest BCUT2D eigenvalue weighted by Crippen LogP contribution is -2.18. The zero-order valence-corrected chi connectivity index (χ0v) is 14.4. The van der Waals surface area contributed by atoms with E-state index in [2.05, 4.69) is 0 Å². The number of rotatable bonds is 7. The Morgan fingerprint density at radius 3 is 2.25 bits per heavy atom. The molecule has 0 fully saturated rings. The Morgan fingerprint density at radius 1 is 1.08 bits per heavy atom. The molecule has 0 saturated heterocycles. The molecule has 0 amide bonds. The number of carbonyl (C=O) groups is 2. The molecule has 1 unspecified atom stereocenters. The van der Waals surface area contributed by atoms with Crippen LogP contribution in [0.2, 0.25) is 0 Å². The normalized spacial score (nSPS) is 11.8. The molecule has 0 radical (unpaired) electrons. The Kier molecular flexibility index (Phi) is 6.55. The molecule has 1 atom stereocenters. The Hall–Kier alpha value is -2.14. The number of hydrogen-bond acceptors (Lipinski definition) is 4. The average molecular weight is 346 g/mol. The van der Waals surface area contributed by atoms with Crippen molar-refractivity contribution in [1.29, 1.82) is 0 Å². The minimum Gasteiger partial charge on any atom is -0.466 e. The first-order chi connectivity index (χ1) is 11.5. The van der Waals surface area contributed by atoms with E-state index in [4.69, 9.17) is 4.74 Å². The van der Waals surface area contributed by atoms with Crippen LogP contribution in [0, 0.1) is 5.82 Å². The summed E-state index contributed by atoms with van der Waals surface area (Å²) in [5.74, 6) is -1.70. The Morgan fingerprint density at radius 2 is 1.71 bits per heavy atom. The van der Waals surface area contributed by atoms with Gasteiger partial charge >= 0.3 is 5.97 Å². The minimum absolute atomic E-state index is 0.0390. The molecular formula is C19H19FO3S. The third kappa shape index (κ3) is 4.68. The van der Waals surface area contributed by atoms with Crippen LogP contribution < -0.4 is 0 Å². The highest BCUT2D eigenvalue weighted by atomic mass is 32.2. The lowest BCUT2D eigenvalue weighted by molar-refractivity contribution is -0.143. The maximum absolute atomic E-state index is 13.1. The highest BCUT2D eigenvalue weighted by Gasteiger charge is 2.25. The van der Waals surface area contributed by atoms with E-state index in [0.717, 1.165) is 10.5 Å². The Labute approximate surface area is 145 Å². The second kappa shape index (κ2) is 8.64. The van der Waals surface area contributed by atoms with Crippen molar-refractivity contribution in [1.82, 2.24) is 0 Å². The molecule has 0 spiro atoms. The van der Waals surface area contributed by atoms with Gasteiger partial charge in [0.05, 0.1) is 18.9 Å². The molecule has 0 bridgehead atoms. The van der Waals surface area contributed by atoms with Gasteiger partial charge in [0.25, 0.3) is 0 Å². The van der Waals surface area contributed by atoms with Crippen molar-refractivity contribution in [2.24, 2.45) is 0 Å². The van der Waals surface area contributed by atoms with Crippen molar-refractivity contribution in [3.05, 3.63) is 65.5 Å². The summed E-state index contributed by atoms with van der Waals surface area (Å²) in [6.07, 6.45) is 1.93. The SMILES string of the molecule is CCOC(=O)CC(C(=O)c1ccc(F)cc1)c1ccc(SC)cc1. The van der Waals surface area contributed by atoms with E-state index in [1.807, 2.05) is 30.5 Å². The van der Waals surface area contributed by atoms with Crippen molar-refractivity contribution >= 4 is 23.5 Å². The van der Waals surface area contributed by atoms with Crippen LogP contribution >= 0.6 is 11.8 Å². The van der Waals surface area contributed by atoms with Gasteiger partial charge in [-0.25, -0.2) is 4.39 Å². The highest BCUT2D eigenvalue weighted by molar-refractivity contribution is 7.98. The van der Waals surface area contributed by atoms with E-state index in [9.17, 15) is 14.0 Å². The fraction of sp³-hybridized carbons (Fsp3) is 0.263. The van der Waals surface area contributed by atoms with Crippen LogP contribution in [0.25, 0.3) is 0 Å². The number of ketones is 1. The number of carbonyl (C=O) groups excluding carboxylic acids is 2. The fourth-order valence-corrected chi connectivity index (χ4v) is 2.81. The van der Waals surface area contributed by atoms with Crippen LogP contribution in [-0.2, 0) is 9.53 Å². The van der Waals surface area contributed by atoms with Crippen molar-refractivity contribution < 1.29 is 18.7 Å². The van der Waals surface area contributed by atoms with Crippen molar-refractivity contribution in [3.63, 3.8) is 0 Å². The monoisotopic (exact) mass is 346 g/mol. The van der Waals surface area contributed by atoms with Crippen molar-refractivity contribution in [2.45, 2.75) is 24.2 Å². The Bertz CT molecular complexity index is 696. The van der Waals surface area contributed by atoms with Gasteiger partial charge in [0.1, 0.15) is 5.82 Å². The number of ether oxygens (including phenoxy) is 1. The number of hydrogen-bond donors (Lipinski definition) is 0. The van der Waals surface area contributed by atoms with Crippen molar-refractivity contribution in [2.75, 3.05) is 12.9 Å². The summed E-state index contributed by atoms with van der Waals surface area (Å²) in [7, 11) is 0. The highest BCUT2D eigenvalue weighted by Crippen LogP contribution is 2.27. The number of thioether (sulfide) groups is 1. The maximum Gasteiger partial charge on any atom is 0.306 e. The van der Waals surface area contributed by atoms with Gasteiger partial charge in [0.2, 0.25) is 0 Å². The lowest BCUT2D eigenvalue weighted by atomic mass is 9.88. The molecule has 0 aliphatic rings. The molecule has 3 nitrogen and oxygen atoms in total. The van der Waals surface area contributed by atoms with Gasteiger partial charge in [-0.05, 0) is 55.1 Å². The van der Waals surface area contributed by atoms with Crippen molar-refractivity contribution in [3.8, 4) is 0 Å². The van der Waals surface area contributed by atoms with E-state index >= 15 is 0 Å². The zero-order chi connectivity index (χ0) is 17.5. The minimum atomic E-state index is -0.648. The predicted molar refractivity (Wildman–Crippen MR) is 92.9 cm³/mol. The maximum atomic E-state index is 13.1. The second-order valence-corrected chi connectivity index (χ2v) is 6.09. The largest absolute Gasteiger partial charge is 0.466 e. The molecule has 0 heterocycles. The van der Waals surface area contributed by atoms with Gasteiger partial charge in [0, 0.05) is 10.5 Å². The molecular weight excluding hydrogens is 327 g/mol. The number of esters is 1. The molecule has 2 aromatic carbocycles. The summed E-state index contributed by atoms with van der Waals surface area (Å²) in [5.41, 5.74) is 1.12. The number of benzene rings is 2. The van der Waals surface area contributed by atoms with Gasteiger partial charge in [-0.2, -0.15) is 0 Å². The molecule has 0 aliphatic carbocycles. The molecule has 2 rings (SSSR count). The number of Topliss-reactive ketones (excluding diaryl/α,β-unsaturated/α-hetero) is 1. The first kappa shape index (κ1) is 18.2. The van der Waals surface area contributed by atoms with E-state index in [1.165, 1.54) is 24.3 Å². The van der Waals surface area contributed by atoms with Gasteiger partial charge in [0.15, 0.2) is 5.78 Å². The van der Waals surface area contributed by atoms with Crippen LogP contribution in [0.1, 0.15) is 35.2 Å². The van der Waals surface area contributed by atoms with Crippen LogP contribution in [0.5, 0.6) is 0 Å². The summed E-state index contributed by atoms with van der Waals surface area (Å²) in [5, 5.41) is 0.